The summed E-state index contributed by atoms with van der Waals surface area (Å²) in [5.41, 5.74) is 4.29. The number of nitrogens with one attached hydrogen (secondary N) is 1. The van der Waals surface area contributed by atoms with Crippen molar-refractivity contribution in [3.8, 4) is 5.75 Å². The number of hydrazine groups is 1. The molecule has 0 radical (unpaired) electrons. The van der Waals surface area contributed by atoms with Gasteiger partial charge in [0.15, 0.2) is 0 Å². The van der Waals surface area contributed by atoms with Crippen LogP contribution < -0.4 is 16.0 Å². The molecule has 0 amide bonds. The second kappa shape index (κ2) is 7.41. The molecule has 0 spiro atoms. The number of rotatable bonds is 6. The maximum absolute atomic E-state index is 13.7. The average molecular weight is 309 g/mol. The second-order valence-corrected chi connectivity index (χ2v) is 5.26. The number of methoxy groups -OCH3 is 1. The van der Waals surface area contributed by atoms with Crippen molar-refractivity contribution < 1.29 is 9.13 Å². The molecule has 0 aromatic heterocycles. The number of hydrogen-bond acceptors (Lipinski definition) is 3. The van der Waals surface area contributed by atoms with Gasteiger partial charge in [0.1, 0.15) is 11.6 Å². The highest BCUT2D eigenvalue weighted by Crippen LogP contribution is 2.24. The van der Waals surface area contributed by atoms with Crippen molar-refractivity contribution in [3.63, 3.8) is 0 Å². The number of benzene rings is 2. The minimum absolute atomic E-state index is 0.116. The smallest absolute Gasteiger partial charge is 0.126 e. The van der Waals surface area contributed by atoms with Crippen LogP contribution in [0.15, 0.2) is 42.5 Å². The van der Waals surface area contributed by atoms with Crippen LogP contribution in [0.2, 0.25) is 5.02 Å². The molecule has 3 nitrogen and oxygen atoms in total. The van der Waals surface area contributed by atoms with E-state index in [1.54, 1.807) is 25.3 Å². The van der Waals surface area contributed by atoms with Gasteiger partial charge in [0.2, 0.25) is 0 Å². The maximum Gasteiger partial charge on any atom is 0.126 e. The van der Waals surface area contributed by atoms with E-state index in [-0.39, 0.29) is 11.9 Å². The highest BCUT2D eigenvalue weighted by atomic mass is 35.5. The van der Waals surface area contributed by atoms with E-state index in [0.29, 0.717) is 23.4 Å². The fraction of sp³-hybridized carbons (Fsp3) is 0.250. The zero-order valence-electron chi connectivity index (χ0n) is 11.8. The summed E-state index contributed by atoms with van der Waals surface area (Å²) in [6.07, 6.45) is 1.08. The summed E-state index contributed by atoms with van der Waals surface area (Å²) in [6, 6.07) is 12.0. The minimum Gasteiger partial charge on any atom is -0.496 e. The lowest BCUT2D eigenvalue weighted by molar-refractivity contribution is 0.404. The van der Waals surface area contributed by atoms with Crippen molar-refractivity contribution in [2.24, 2.45) is 5.84 Å². The Morgan fingerprint density at radius 3 is 2.57 bits per heavy atom. The lowest BCUT2D eigenvalue weighted by atomic mass is 9.98. The monoisotopic (exact) mass is 308 g/mol. The molecular formula is C16H18ClFN2O. The van der Waals surface area contributed by atoms with Gasteiger partial charge in [0, 0.05) is 11.1 Å². The third-order valence-electron chi connectivity index (χ3n) is 3.37. The van der Waals surface area contributed by atoms with E-state index in [1.807, 2.05) is 18.2 Å². The largest absolute Gasteiger partial charge is 0.496 e. The zero-order valence-corrected chi connectivity index (χ0v) is 12.5. The van der Waals surface area contributed by atoms with Crippen molar-refractivity contribution in [1.82, 2.24) is 5.43 Å². The second-order valence-electron chi connectivity index (χ2n) is 4.82. The van der Waals surface area contributed by atoms with Gasteiger partial charge in [-0.15, -0.1) is 0 Å². The van der Waals surface area contributed by atoms with Gasteiger partial charge < -0.3 is 4.74 Å². The van der Waals surface area contributed by atoms with Gasteiger partial charge in [-0.2, -0.15) is 0 Å². The predicted octanol–water partition coefficient (Wildman–Crippen LogP) is 3.10. The molecule has 0 bridgehead atoms. The first-order chi connectivity index (χ1) is 10.1. The molecule has 0 saturated heterocycles. The summed E-state index contributed by atoms with van der Waals surface area (Å²) in [5, 5.41) is 0.632. The Morgan fingerprint density at radius 1 is 1.19 bits per heavy atom. The maximum atomic E-state index is 13.7. The molecule has 1 unspecified atom stereocenters. The number of halogens is 2. The van der Waals surface area contributed by atoms with E-state index in [9.17, 15) is 4.39 Å². The fourth-order valence-corrected chi connectivity index (χ4v) is 2.49. The van der Waals surface area contributed by atoms with E-state index in [4.69, 9.17) is 22.2 Å². The van der Waals surface area contributed by atoms with Crippen LogP contribution in [0, 0.1) is 5.82 Å². The lowest BCUT2D eigenvalue weighted by Gasteiger charge is -2.18. The minimum atomic E-state index is -0.226. The first-order valence-corrected chi connectivity index (χ1v) is 7.03. The zero-order chi connectivity index (χ0) is 15.2. The molecule has 21 heavy (non-hydrogen) atoms. The van der Waals surface area contributed by atoms with Crippen LogP contribution in [0.3, 0.4) is 0 Å². The molecule has 3 N–H and O–H groups in total. The van der Waals surface area contributed by atoms with Gasteiger partial charge in [-0.1, -0.05) is 29.8 Å². The topological polar surface area (TPSA) is 47.3 Å². The van der Waals surface area contributed by atoms with Gasteiger partial charge in [-0.25, -0.2) is 4.39 Å². The quantitative estimate of drug-likeness (QED) is 0.637. The summed E-state index contributed by atoms with van der Waals surface area (Å²) >= 11 is 6.02. The first kappa shape index (κ1) is 15.8. The Hall–Kier alpha value is -1.62. The Morgan fingerprint density at radius 2 is 1.90 bits per heavy atom. The van der Waals surface area contributed by atoms with Gasteiger partial charge in [0.25, 0.3) is 0 Å². The molecular weight excluding hydrogens is 291 g/mol. The normalized spacial score (nSPS) is 12.2. The molecule has 0 aliphatic heterocycles. The van der Waals surface area contributed by atoms with Crippen LogP contribution in [0.1, 0.15) is 11.1 Å². The third kappa shape index (κ3) is 4.17. The summed E-state index contributed by atoms with van der Waals surface area (Å²) in [7, 11) is 1.61. The Balaban J connectivity index is 2.16. The summed E-state index contributed by atoms with van der Waals surface area (Å²) < 4.78 is 19.0. The van der Waals surface area contributed by atoms with Crippen molar-refractivity contribution in [2.75, 3.05) is 7.11 Å². The fourth-order valence-electron chi connectivity index (χ4n) is 2.29. The summed E-state index contributed by atoms with van der Waals surface area (Å²) in [5.74, 6) is 6.12. The molecule has 112 valence electrons. The number of ether oxygens (including phenoxy) is 1. The highest BCUT2D eigenvalue weighted by Gasteiger charge is 2.14. The van der Waals surface area contributed by atoms with Crippen molar-refractivity contribution in [3.05, 3.63) is 64.4 Å². The van der Waals surface area contributed by atoms with Crippen LogP contribution in [-0.4, -0.2) is 13.2 Å². The SMILES string of the molecule is COc1ccc(Cl)cc1CC(Cc1ccccc1F)NN. The molecule has 2 aromatic rings. The first-order valence-electron chi connectivity index (χ1n) is 6.66. The Bertz CT molecular complexity index is 607. The van der Waals surface area contributed by atoms with Crippen LogP contribution in [0.25, 0.3) is 0 Å². The van der Waals surface area contributed by atoms with E-state index in [0.717, 1.165) is 11.3 Å². The van der Waals surface area contributed by atoms with Gasteiger partial charge in [-0.05, 0) is 48.2 Å². The average Bonchev–Trinajstić information content (AvgIpc) is 2.49. The van der Waals surface area contributed by atoms with E-state index in [2.05, 4.69) is 5.43 Å². The van der Waals surface area contributed by atoms with Crippen LogP contribution in [0.4, 0.5) is 4.39 Å². The van der Waals surface area contributed by atoms with Gasteiger partial charge in [-0.3, -0.25) is 11.3 Å². The molecule has 0 heterocycles. The van der Waals surface area contributed by atoms with Crippen molar-refractivity contribution in [2.45, 2.75) is 18.9 Å². The number of nitrogens with two attached hydrogens (primary N) is 1. The molecule has 2 aromatic carbocycles. The highest BCUT2D eigenvalue weighted by molar-refractivity contribution is 6.30. The van der Waals surface area contributed by atoms with Crippen LogP contribution >= 0.6 is 11.6 Å². The molecule has 0 aliphatic rings. The molecule has 1 atom stereocenters. The molecule has 2 rings (SSSR count). The standard InChI is InChI=1S/C16H18ClFN2O/c1-21-16-7-6-13(17)8-12(16)10-14(20-19)9-11-4-2-3-5-15(11)18/h2-8,14,20H,9-10,19H2,1H3. The van der Waals surface area contributed by atoms with Gasteiger partial charge in [0.05, 0.1) is 7.11 Å². The third-order valence-corrected chi connectivity index (χ3v) is 3.60. The van der Waals surface area contributed by atoms with Crippen molar-refractivity contribution in [1.29, 1.82) is 0 Å². The number of hydrogen-bond donors (Lipinski definition) is 2. The molecule has 5 heteroatoms. The van der Waals surface area contributed by atoms with Crippen LogP contribution in [0.5, 0.6) is 5.75 Å². The summed E-state index contributed by atoms with van der Waals surface area (Å²) in [4.78, 5) is 0. The van der Waals surface area contributed by atoms with E-state index < -0.39 is 0 Å². The van der Waals surface area contributed by atoms with E-state index >= 15 is 0 Å². The van der Waals surface area contributed by atoms with Crippen LogP contribution in [-0.2, 0) is 12.8 Å². The van der Waals surface area contributed by atoms with Gasteiger partial charge >= 0.3 is 0 Å². The van der Waals surface area contributed by atoms with Crippen molar-refractivity contribution >= 4 is 11.6 Å². The Kier molecular flexibility index (Phi) is 5.56. The summed E-state index contributed by atoms with van der Waals surface area (Å²) in [6.45, 7) is 0. The predicted molar refractivity (Wildman–Crippen MR) is 82.9 cm³/mol. The molecule has 0 aliphatic carbocycles. The molecule has 0 saturated carbocycles. The lowest BCUT2D eigenvalue weighted by Crippen LogP contribution is -2.38. The Labute approximate surface area is 128 Å². The molecule has 0 fully saturated rings. The van der Waals surface area contributed by atoms with E-state index in [1.165, 1.54) is 6.07 Å².